The van der Waals surface area contributed by atoms with Crippen LogP contribution in [0.2, 0.25) is 0 Å². The molecule has 0 bridgehead atoms. The molecule has 2 aliphatic heterocycles. The highest BCUT2D eigenvalue weighted by Crippen LogP contribution is 2.50. The second-order valence-electron chi connectivity index (χ2n) is 16.8. The average Bonchev–Trinajstić information content (AvgIpc) is 3.31. The molecule has 0 aliphatic carbocycles. The summed E-state index contributed by atoms with van der Waals surface area (Å²) in [5.41, 5.74) is 4.18. The smallest absolute Gasteiger partial charge is 0.178 e. The van der Waals surface area contributed by atoms with Gasteiger partial charge in [-0.05, 0) is 144 Å². The monoisotopic (exact) mass is 828 g/mol. The number of rotatable bonds is 16. The summed E-state index contributed by atoms with van der Waals surface area (Å²) in [6.45, 7) is 16.9. The summed E-state index contributed by atoms with van der Waals surface area (Å²) in [6, 6.07) is 41.7. The molecule has 6 nitrogen and oxygen atoms in total. The van der Waals surface area contributed by atoms with Crippen LogP contribution in [-0.2, 0) is 11.2 Å². The van der Waals surface area contributed by atoms with E-state index in [0.717, 1.165) is 104 Å². The van der Waals surface area contributed by atoms with Gasteiger partial charge < -0.3 is 28.4 Å². The standard InChI is InChI=1S/C56H60O6/c1-9-37(5)57-46-23-15-42(16-24-46)55(43-17-25-47(26-18-43)58-38(6)10-2)35-33-50-52(61-55)31-13-41-14-32-53-51(54(41)50)34-36-56(62-53,44-19-27-48(28-20-44)59-39(7)11-3)45-21-29-49(30-22-45)60-40(8)12-4/h13-40H,9-12H2,1-8H3. The van der Waals surface area contributed by atoms with Gasteiger partial charge >= 0.3 is 0 Å². The van der Waals surface area contributed by atoms with Gasteiger partial charge in [-0.1, -0.05) is 88.4 Å². The average molecular weight is 829 g/mol. The van der Waals surface area contributed by atoms with Crippen LogP contribution in [-0.4, -0.2) is 24.4 Å². The van der Waals surface area contributed by atoms with Gasteiger partial charge in [0.1, 0.15) is 34.5 Å². The Labute approximate surface area is 368 Å². The zero-order valence-electron chi connectivity index (χ0n) is 37.4. The van der Waals surface area contributed by atoms with E-state index < -0.39 is 11.2 Å². The van der Waals surface area contributed by atoms with Crippen molar-refractivity contribution >= 4 is 22.9 Å². The second-order valence-corrected chi connectivity index (χ2v) is 16.8. The van der Waals surface area contributed by atoms with Crippen LogP contribution in [0.5, 0.6) is 34.5 Å². The van der Waals surface area contributed by atoms with Crippen molar-refractivity contribution in [3.8, 4) is 34.5 Å². The Morgan fingerprint density at radius 1 is 0.387 bits per heavy atom. The van der Waals surface area contributed by atoms with Crippen LogP contribution >= 0.6 is 0 Å². The summed E-state index contributed by atoms with van der Waals surface area (Å²) < 4.78 is 39.3. The summed E-state index contributed by atoms with van der Waals surface area (Å²) in [6.07, 6.45) is 13.0. The Morgan fingerprint density at radius 3 is 0.919 bits per heavy atom. The Kier molecular flexibility index (Phi) is 12.4. The molecular weight excluding hydrogens is 769 g/mol. The first-order valence-electron chi connectivity index (χ1n) is 22.5. The number of fused-ring (bicyclic) bond motifs is 5. The first-order valence-corrected chi connectivity index (χ1v) is 22.5. The number of ether oxygens (including phenoxy) is 6. The van der Waals surface area contributed by atoms with Crippen molar-refractivity contribution in [1.82, 2.24) is 0 Å². The molecule has 6 aromatic rings. The van der Waals surface area contributed by atoms with Crippen molar-refractivity contribution in [1.29, 1.82) is 0 Å². The summed E-state index contributed by atoms with van der Waals surface area (Å²) in [5, 5.41) is 2.17. The molecule has 8 rings (SSSR count). The first-order chi connectivity index (χ1) is 30.1. The maximum atomic E-state index is 7.29. The van der Waals surface area contributed by atoms with Crippen LogP contribution in [0.15, 0.2) is 133 Å². The van der Waals surface area contributed by atoms with Gasteiger partial charge in [-0.15, -0.1) is 0 Å². The van der Waals surface area contributed by atoms with E-state index in [1.54, 1.807) is 0 Å². The minimum Gasteiger partial charge on any atom is -0.491 e. The maximum Gasteiger partial charge on any atom is 0.178 e. The molecule has 0 radical (unpaired) electrons. The van der Waals surface area contributed by atoms with E-state index in [0.29, 0.717) is 0 Å². The van der Waals surface area contributed by atoms with E-state index in [1.165, 1.54) is 0 Å². The molecule has 0 saturated heterocycles. The van der Waals surface area contributed by atoms with Gasteiger partial charge in [0.2, 0.25) is 0 Å². The highest BCUT2D eigenvalue weighted by molar-refractivity contribution is 6.02. The zero-order chi connectivity index (χ0) is 43.4. The molecule has 6 aromatic carbocycles. The molecule has 0 amide bonds. The minimum absolute atomic E-state index is 0.122. The third-order valence-corrected chi connectivity index (χ3v) is 12.5. The fraction of sp³-hybridized carbons (Fsp3) is 0.321. The molecule has 320 valence electrons. The molecule has 62 heavy (non-hydrogen) atoms. The van der Waals surface area contributed by atoms with Crippen molar-refractivity contribution in [3.63, 3.8) is 0 Å². The van der Waals surface area contributed by atoms with Crippen LogP contribution in [0, 0.1) is 0 Å². The summed E-state index contributed by atoms with van der Waals surface area (Å²) in [5.74, 6) is 4.91. The molecule has 2 aliphatic rings. The normalized spacial score (nSPS) is 19.5. The summed E-state index contributed by atoms with van der Waals surface area (Å²) >= 11 is 0. The summed E-state index contributed by atoms with van der Waals surface area (Å²) in [4.78, 5) is 0. The van der Waals surface area contributed by atoms with E-state index in [9.17, 15) is 0 Å². The Morgan fingerprint density at radius 2 is 0.661 bits per heavy atom. The van der Waals surface area contributed by atoms with E-state index in [-0.39, 0.29) is 24.4 Å². The van der Waals surface area contributed by atoms with E-state index in [2.05, 4.69) is 152 Å². The van der Waals surface area contributed by atoms with Gasteiger partial charge in [0, 0.05) is 38.8 Å². The van der Waals surface area contributed by atoms with Gasteiger partial charge in [-0.2, -0.15) is 0 Å². The molecular formula is C56H60O6. The SMILES string of the molecule is CCC(C)Oc1ccc(C2(c3ccc(OC(C)CC)cc3)C=Cc3c(ccc4ccc5c(c34)C=CC(c3ccc(OC(C)CC)cc3)(c3ccc(OC(C)CC)cc3)O5)O2)cc1. The predicted molar refractivity (Wildman–Crippen MR) is 252 cm³/mol. The number of hydrogen-bond donors (Lipinski definition) is 0. The lowest BCUT2D eigenvalue weighted by Crippen LogP contribution is -2.35. The molecule has 4 atom stereocenters. The molecule has 0 saturated carbocycles. The van der Waals surface area contributed by atoms with Gasteiger partial charge in [-0.3, -0.25) is 0 Å². The van der Waals surface area contributed by atoms with Gasteiger partial charge in [0.25, 0.3) is 0 Å². The minimum atomic E-state index is -0.906. The molecule has 6 heteroatoms. The molecule has 4 unspecified atom stereocenters. The first kappa shape index (κ1) is 42.5. The zero-order valence-corrected chi connectivity index (χ0v) is 37.4. The number of hydrogen-bond acceptors (Lipinski definition) is 6. The third kappa shape index (κ3) is 8.40. The molecule has 0 aromatic heterocycles. The predicted octanol–water partition coefficient (Wildman–Crippen LogP) is 14.2. The van der Waals surface area contributed by atoms with Crippen LogP contribution in [0.1, 0.15) is 114 Å². The maximum absolute atomic E-state index is 7.29. The fourth-order valence-corrected chi connectivity index (χ4v) is 8.10. The van der Waals surface area contributed by atoms with Crippen molar-refractivity contribution in [2.45, 2.75) is 117 Å². The van der Waals surface area contributed by atoms with E-state index in [4.69, 9.17) is 28.4 Å². The lowest BCUT2D eigenvalue weighted by molar-refractivity contribution is 0.160. The van der Waals surface area contributed by atoms with Crippen LogP contribution < -0.4 is 28.4 Å². The van der Waals surface area contributed by atoms with E-state index in [1.807, 2.05) is 48.5 Å². The number of benzene rings is 6. The topological polar surface area (TPSA) is 55.4 Å². The van der Waals surface area contributed by atoms with Gasteiger partial charge in [0.15, 0.2) is 11.2 Å². The Bertz CT molecular complexity index is 2230. The third-order valence-electron chi connectivity index (χ3n) is 12.5. The molecule has 0 fully saturated rings. The summed E-state index contributed by atoms with van der Waals surface area (Å²) in [7, 11) is 0. The Balaban J connectivity index is 1.21. The van der Waals surface area contributed by atoms with Crippen molar-refractivity contribution < 1.29 is 28.4 Å². The van der Waals surface area contributed by atoms with E-state index >= 15 is 0 Å². The Hall–Kier alpha value is -6.14. The van der Waals surface area contributed by atoms with Crippen LogP contribution in [0.25, 0.3) is 22.9 Å². The van der Waals surface area contributed by atoms with Gasteiger partial charge in [0.05, 0.1) is 24.4 Å². The second kappa shape index (κ2) is 18.1. The van der Waals surface area contributed by atoms with Crippen LogP contribution in [0.4, 0.5) is 0 Å². The highest BCUT2D eigenvalue weighted by atomic mass is 16.5. The molecule has 2 heterocycles. The lowest BCUT2D eigenvalue weighted by atomic mass is 9.81. The quantitative estimate of drug-likeness (QED) is 0.0969. The lowest BCUT2D eigenvalue weighted by Gasteiger charge is -2.38. The van der Waals surface area contributed by atoms with Crippen molar-refractivity contribution in [3.05, 3.63) is 167 Å². The van der Waals surface area contributed by atoms with Crippen molar-refractivity contribution in [2.75, 3.05) is 0 Å². The van der Waals surface area contributed by atoms with Crippen LogP contribution in [0.3, 0.4) is 0 Å². The molecule has 0 N–H and O–H groups in total. The highest BCUT2D eigenvalue weighted by Gasteiger charge is 2.40. The fourth-order valence-electron chi connectivity index (χ4n) is 8.10. The van der Waals surface area contributed by atoms with Gasteiger partial charge in [-0.25, -0.2) is 0 Å². The largest absolute Gasteiger partial charge is 0.491 e. The van der Waals surface area contributed by atoms with Crippen molar-refractivity contribution in [2.24, 2.45) is 0 Å². The molecule has 0 spiro atoms.